The third-order valence-corrected chi connectivity index (χ3v) is 4.67. The maximum Gasteiger partial charge on any atom is 0.225 e. The molecule has 0 aromatic heterocycles. The molecule has 0 spiro atoms. The third-order valence-electron chi connectivity index (χ3n) is 4.34. The minimum atomic E-state index is -0.378. The van der Waals surface area contributed by atoms with Gasteiger partial charge in [0.05, 0.1) is 5.69 Å². The van der Waals surface area contributed by atoms with E-state index in [2.05, 4.69) is 5.32 Å². The number of hydrogen-bond donors (Lipinski definition) is 1. The molecule has 1 N–H and O–H groups in total. The molecule has 1 aliphatic rings. The average molecular weight is 326 g/mol. The Balaban J connectivity index is 1.99. The molecule has 3 aromatic carbocycles. The number of halogens is 2. The van der Waals surface area contributed by atoms with Gasteiger partial charge < -0.3 is 5.32 Å². The summed E-state index contributed by atoms with van der Waals surface area (Å²) in [7, 11) is 0. The van der Waals surface area contributed by atoms with Crippen LogP contribution in [0.4, 0.5) is 10.1 Å². The van der Waals surface area contributed by atoms with E-state index in [1.54, 1.807) is 12.1 Å². The smallest absolute Gasteiger partial charge is 0.225 e. The second-order valence-corrected chi connectivity index (χ2v) is 6.10. The number of anilines is 1. The molecule has 1 atom stereocenters. The number of amides is 1. The number of rotatable bonds is 1. The Bertz CT molecular complexity index is 918. The second-order valence-electron chi connectivity index (χ2n) is 5.69. The maximum absolute atomic E-state index is 14.4. The van der Waals surface area contributed by atoms with Gasteiger partial charge in [-0.1, -0.05) is 54.1 Å². The summed E-state index contributed by atoms with van der Waals surface area (Å²) in [5.41, 5.74) is 2.04. The highest BCUT2D eigenvalue weighted by Gasteiger charge is 2.30. The summed E-state index contributed by atoms with van der Waals surface area (Å²) in [5.74, 6) is -0.883. The van der Waals surface area contributed by atoms with Crippen LogP contribution in [0.5, 0.6) is 0 Å². The molecule has 1 amide bonds. The molecule has 0 unspecified atom stereocenters. The molecular weight excluding hydrogens is 313 g/mol. The topological polar surface area (TPSA) is 29.1 Å². The molecular formula is C19H13ClFNO. The van der Waals surface area contributed by atoms with Crippen molar-refractivity contribution in [1.29, 1.82) is 0 Å². The molecule has 3 aromatic rings. The lowest BCUT2D eigenvalue weighted by Gasteiger charge is -2.28. The molecule has 23 heavy (non-hydrogen) atoms. The standard InChI is InChI=1S/C19H13ClFNO/c20-15-6-3-7-16(21)18(15)14-10-17(23)22-19-12-5-2-1-4-11(12)8-9-13(14)19/h1-9,14H,10H2,(H,22,23)/t14-/m1/s1. The van der Waals surface area contributed by atoms with Crippen molar-refractivity contribution >= 4 is 34.0 Å². The largest absolute Gasteiger partial charge is 0.325 e. The van der Waals surface area contributed by atoms with E-state index in [1.165, 1.54) is 6.07 Å². The lowest BCUT2D eigenvalue weighted by molar-refractivity contribution is -0.116. The molecule has 0 saturated heterocycles. The van der Waals surface area contributed by atoms with Gasteiger partial charge in [0.25, 0.3) is 0 Å². The van der Waals surface area contributed by atoms with Crippen LogP contribution in [0.1, 0.15) is 23.5 Å². The molecule has 0 radical (unpaired) electrons. The number of benzene rings is 3. The molecule has 4 heteroatoms. The maximum atomic E-state index is 14.4. The molecule has 0 fully saturated rings. The van der Waals surface area contributed by atoms with Crippen LogP contribution in [0, 0.1) is 5.82 Å². The summed E-state index contributed by atoms with van der Waals surface area (Å²) in [6.07, 6.45) is 0.187. The van der Waals surface area contributed by atoms with E-state index in [0.717, 1.165) is 22.0 Å². The highest BCUT2D eigenvalue weighted by Crippen LogP contribution is 2.43. The van der Waals surface area contributed by atoms with E-state index >= 15 is 0 Å². The Morgan fingerprint density at radius 2 is 1.87 bits per heavy atom. The lowest BCUT2D eigenvalue weighted by atomic mass is 9.83. The fourth-order valence-corrected chi connectivity index (χ4v) is 3.60. The van der Waals surface area contributed by atoms with Gasteiger partial charge in [-0.2, -0.15) is 0 Å². The first-order chi connectivity index (χ1) is 11.1. The van der Waals surface area contributed by atoms with Crippen molar-refractivity contribution in [3.05, 3.63) is 76.6 Å². The first-order valence-electron chi connectivity index (χ1n) is 7.40. The van der Waals surface area contributed by atoms with Crippen molar-refractivity contribution in [2.24, 2.45) is 0 Å². The average Bonchev–Trinajstić information content (AvgIpc) is 2.54. The van der Waals surface area contributed by atoms with E-state index in [9.17, 15) is 9.18 Å². The van der Waals surface area contributed by atoms with Crippen molar-refractivity contribution in [3.63, 3.8) is 0 Å². The number of hydrogen-bond acceptors (Lipinski definition) is 1. The van der Waals surface area contributed by atoms with Gasteiger partial charge in [0.1, 0.15) is 5.82 Å². The zero-order valence-corrected chi connectivity index (χ0v) is 12.9. The van der Waals surface area contributed by atoms with E-state index < -0.39 is 0 Å². The summed E-state index contributed by atoms with van der Waals surface area (Å²) in [6, 6.07) is 16.4. The van der Waals surface area contributed by atoms with Gasteiger partial charge in [-0.25, -0.2) is 4.39 Å². The Kier molecular flexibility index (Phi) is 3.31. The van der Waals surface area contributed by atoms with Gasteiger partial charge in [-0.05, 0) is 23.1 Å². The van der Waals surface area contributed by atoms with E-state index in [0.29, 0.717) is 10.6 Å². The first-order valence-corrected chi connectivity index (χ1v) is 7.78. The van der Waals surface area contributed by atoms with Crippen molar-refractivity contribution in [2.75, 3.05) is 5.32 Å². The summed E-state index contributed by atoms with van der Waals surface area (Å²) < 4.78 is 14.4. The van der Waals surface area contributed by atoms with Gasteiger partial charge in [-0.3, -0.25) is 4.79 Å². The highest BCUT2D eigenvalue weighted by atomic mass is 35.5. The molecule has 1 heterocycles. The number of carbonyl (C=O) groups excluding carboxylic acids is 1. The SMILES string of the molecule is O=C1C[C@@H](c2c(F)cccc2Cl)c2ccc3ccccc3c2N1. The number of carbonyl (C=O) groups is 1. The van der Waals surface area contributed by atoms with Crippen LogP contribution >= 0.6 is 11.6 Å². The summed E-state index contributed by atoms with van der Waals surface area (Å²) in [6.45, 7) is 0. The Morgan fingerprint density at radius 3 is 2.70 bits per heavy atom. The summed E-state index contributed by atoms with van der Waals surface area (Å²) in [4.78, 5) is 12.2. The monoisotopic (exact) mass is 325 g/mol. The zero-order valence-electron chi connectivity index (χ0n) is 12.1. The van der Waals surface area contributed by atoms with Crippen LogP contribution in [-0.4, -0.2) is 5.91 Å². The molecule has 0 saturated carbocycles. The predicted octanol–water partition coefficient (Wildman–Crippen LogP) is 5.11. The van der Waals surface area contributed by atoms with Gasteiger partial charge in [0.15, 0.2) is 0 Å². The molecule has 2 nitrogen and oxygen atoms in total. The summed E-state index contributed by atoms with van der Waals surface area (Å²) in [5, 5.41) is 5.28. The quantitative estimate of drug-likeness (QED) is 0.662. The Morgan fingerprint density at radius 1 is 1.04 bits per heavy atom. The number of nitrogens with one attached hydrogen (secondary N) is 1. The van der Waals surface area contributed by atoms with Crippen LogP contribution in [0.25, 0.3) is 10.8 Å². The second kappa shape index (κ2) is 5.36. The van der Waals surface area contributed by atoms with Gasteiger partial charge in [-0.15, -0.1) is 0 Å². The van der Waals surface area contributed by atoms with Gasteiger partial charge in [0.2, 0.25) is 5.91 Å². The fraction of sp³-hybridized carbons (Fsp3) is 0.105. The molecule has 114 valence electrons. The minimum Gasteiger partial charge on any atom is -0.325 e. The van der Waals surface area contributed by atoms with Crippen LogP contribution < -0.4 is 5.32 Å². The molecule has 0 aliphatic carbocycles. The predicted molar refractivity (Wildman–Crippen MR) is 90.4 cm³/mol. The fourth-order valence-electron chi connectivity index (χ4n) is 3.31. The number of fused-ring (bicyclic) bond motifs is 3. The molecule has 4 rings (SSSR count). The highest BCUT2D eigenvalue weighted by molar-refractivity contribution is 6.31. The minimum absolute atomic E-state index is 0.127. The lowest BCUT2D eigenvalue weighted by Crippen LogP contribution is -2.24. The van der Waals surface area contributed by atoms with Crippen molar-refractivity contribution in [1.82, 2.24) is 0 Å². The van der Waals surface area contributed by atoms with Gasteiger partial charge in [0, 0.05) is 28.3 Å². The third kappa shape index (κ3) is 2.28. The van der Waals surface area contributed by atoms with Crippen LogP contribution in [0.2, 0.25) is 5.02 Å². The van der Waals surface area contributed by atoms with Crippen LogP contribution in [0.15, 0.2) is 54.6 Å². The Hall–Kier alpha value is -2.39. The van der Waals surface area contributed by atoms with Crippen molar-refractivity contribution < 1.29 is 9.18 Å². The zero-order chi connectivity index (χ0) is 16.0. The van der Waals surface area contributed by atoms with Crippen LogP contribution in [0.3, 0.4) is 0 Å². The normalized spacial score (nSPS) is 17.0. The Labute approximate surface area is 137 Å². The van der Waals surface area contributed by atoms with Crippen molar-refractivity contribution in [3.8, 4) is 0 Å². The van der Waals surface area contributed by atoms with Crippen molar-refractivity contribution in [2.45, 2.75) is 12.3 Å². The first kappa shape index (κ1) is 14.2. The van der Waals surface area contributed by atoms with Gasteiger partial charge >= 0.3 is 0 Å². The van der Waals surface area contributed by atoms with E-state index in [-0.39, 0.29) is 24.1 Å². The summed E-state index contributed by atoms with van der Waals surface area (Å²) >= 11 is 6.22. The van der Waals surface area contributed by atoms with E-state index in [4.69, 9.17) is 11.6 Å². The van der Waals surface area contributed by atoms with Crippen LogP contribution in [-0.2, 0) is 4.79 Å². The van der Waals surface area contributed by atoms with E-state index in [1.807, 2.05) is 36.4 Å². The molecule has 1 aliphatic heterocycles. The molecule has 0 bridgehead atoms.